The highest BCUT2D eigenvalue weighted by Crippen LogP contribution is 2.17. The zero-order valence-electron chi connectivity index (χ0n) is 19.2. The summed E-state index contributed by atoms with van der Waals surface area (Å²) in [6.07, 6.45) is 4.26. The Morgan fingerprint density at radius 1 is 1.06 bits per heavy atom. The Kier molecular flexibility index (Phi) is 7.31. The normalized spacial score (nSPS) is 13.2. The molecule has 2 N–H and O–H groups in total. The van der Waals surface area contributed by atoms with Crippen LogP contribution >= 0.6 is 0 Å². The SMILES string of the molecule is Cc1cccc(CN2CCCn3nc(C(=O)NCCC(=O)NCc4cccnc4)cc3C2=O)c1. The van der Waals surface area contributed by atoms with Gasteiger partial charge in [0.1, 0.15) is 5.69 Å². The van der Waals surface area contributed by atoms with Gasteiger partial charge in [-0.25, -0.2) is 0 Å². The molecule has 3 amide bonds. The fraction of sp³-hybridized carbons (Fsp3) is 0.320. The molecule has 0 bridgehead atoms. The largest absolute Gasteiger partial charge is 0.352 e. The van der Waals surface area contributed by atoms with Crippen molar-refractivity contribution in [2.75, 3.05) is 13.1 Å². The highest BCUT2D eigenvalue weighted by atomic mass is 16.2. The number of pyridine rings is 1. The van der Waals surface area contributed by atoms with Crippen LogP contribution in [0.25, 0.3) is 0 Å². The summed E-state index contributed by atoms with van der Waals surface area (Å²) in [6, 6.07) is 13.3. The van der Waals surface area contributed by atoms with E-state index in [-0.39, 0.29) is 30.5 Å². The predicted octanol–water partition coefficient (Wildman–Crippen LogP) is 2.07. The molecule has 0 radical (unpaired) electrons. The minimum Gasteiger partial charge on any atom is -0.352 e. The van der Waals surface area contributed by atoms with Crippen molar-refractivity contribution in [3.8, 4) is 0 Å². The van der Waals surface area contributed by atoms with Crippen LogP contribution in [0.15, 0.2) is 54.9 Å². The summed E-state index contributed by atoms with van der Waals surface area (Å²) in [7, 11) is 0. The third kappa shape index (κ3) is 5.86. The molecule has 2 aromatic heterocycles. The number of hydrogen-bond acceptors (Lipinski definition) is 5. The predicted molar refractivity (Wildman–Crippen MR) is 126 cm³/mol. The molecule has 4 rings (SSSR count). The van der Waals surface area contributed by atoms with Gasteiger partial charge in [-0.2, -0.15) is 5.10 Å². The first-order valence-electron chi connectivity index (χ1n) is 11.4. The standard InChI is InChI=1S/C25H28N6O3/c1-18-5-2-6-19(13-18)17-30-11-4-12-31-22(25(30)34)14-21(29-31)24(33)27-10-8-23(32)28-16-20-7-3-9-26-15-20/h2-3,5-7,9,13-15H,4,8,10-12,16-17H2,1H3,(H,27,33)(H,28,32). The molecule has 1 aromatic carbocycles. The van der Waals surface area contributed by atoms with Gasteiger partial charge in [0.15, 0.2) is 5.69 Å². The first kappa shape index (κ1) is 23.2. The van der Waals surface area contributed by atoms with Crippen LogP contribution < -0.4 is 10.6 Å². The molecule has 3 heterocycles. The number of rotatable bonds is 8. The summed E-state index contributed by atoms with van der Waals surface area (Å²) in [5.74, 6) is -0.717. The monoisotopic (exact) mass is 460 g/mol. The maximum atomic E-state index is 13.1. The van der Waals surface area contributed by atoms with E-state index in [4.69, 9.17) is 0 Å². The van der Waals surface area contributed by atoms with Crippen molar-refractivity contribution in [2.45, 2.75) is 39.4 Å². The van der Waals surface area contributed by atoms with Gasteiger partial charge in [-0.15, -0.1) is 0 Å². The van der Waals surface area contributed by atoms with Gasteiger partial charge in [-0.1, -0.05) is 35.9 Å². The van der Waals surface area contributed by atoms with E-state index in [0.717, 1.165) is 23.1 Å². The van der Waals surface area contributed by atoms with Gasteiger partial charge in [-0.3, -0.25) is 24.0 Å². The molecular weight excluding hydrogens is 432 g/mol. The fourth-order valence-electron chi connectivity index (χ4n) is 3.90. The third-order valence-corrected chi connectivity index (χ3v) is 5.62. The molecule has 0 spiro atoms. The molecule has 34 heavy (non-hydrogen) atoms. The molecule has 9 heteroatoms. The molecular formula is C25H28N6O3. The van der Waals surface area contributed by atoms with Crippen LogP contribution in [-0.4, -0.2) is 50.5 Å². The fourth-order valence-corrected chi connectivity index (χ4v) is 3.90. The molecule has 0 atom stereocenters. The van der Waals surface area contributed by atoms with Crippen LogP contribution in [0.1, 0.15) is 50.5 Å². The number of nitrogens with one attached hydrogen (secondary N) is 2. The van der Waals surface area contributed by atoms with E-state index >= 15 is 0 Å². The Balaban J connectivity index is 1.31. The van der Waals surface area contributed by atoms with Crippen molar-refractivity contribution >= 4 is 17.7 Å². The number of nitrogens with zero attached hydrogens (tertiary/aromatic N) is 4. The van der Waals surface area contributed by atoms with Crippen molar-refractivity contribution in [2.24, 2.45) is 0 Å². The highest BCUT2D eigenvalue weighted by molar-refractivity contribution is 5.98. The van der Waals surface area contributed by atoms with Crippen LogP contribution in [-0.2, 0) is 24.4 Å². The second-order valence-electron chi connectivity index (χ2n) is 8.35. The summed E-state index contributed by atoms with van der Waals surface area (Å²) < 4.78 is 1.61. The maximum Gasteiger partial charge on any atom is 0.272 e. The first-order valence-corrected chi connectivity index (χ1v) is 11.4. The van der Waals surface area contributed by atoms with E-state index in [1.165, 1.54) is 6.07 Å². The second kappa shape index (κ2) is 10.7. The zero-order valence-corrected chi connectivity index (χ0v) is 19.2. The number of hydrogen-bond donors (Lipinski definition) is 2. The van der Waals surface area contributed by atoms with Crippen molar-refractivity contribution < 1.29 is 14.4 Å². The van der Waals surface area contributed by atoms with Crippen molar-refractivity contribution in [1.29, 1.82) is 0 Å². The zero-order chi connectivity index (χ0) is 23.9. The van der Waals surface area contributed by atoms with Crippen molar-refractivity contribution in [3.05, 3.63) is 82.9 Å². The van der Waals surface area contributed by atoms with Gasteiger partial charge in [0.05, 0.1) is 0 Å². The average molecular weight is 461 g/mol. The van der Waals surface area contributed by atoms with Gasteiger partial charge >= 0.3 is 0 Å². The lowest BCUT2D eigenvalue weighted by Crippen LogP contribution is -2.31. The van der Waals surface area contributed by atoms with E-state index in [1.807, 2.05) is 31.2 Å². The van der Waals surface area contributed by atoms with Gasteiger partial charge in [0, 0.05) is 57.6 Å². The molecule has 1 aliphatic rings. The number of fused-ring (bicyclic) bond motifs is 1. The minimum absolute atomic E-state index is 0.139. The van der Waals surface area contributed by atoms with Gasteiger partial charge in [-0.05, 0) is 30.5 Å². The van der Waals surface area contributed by atoms with Crippen molar-refractivity contribution in [3.63, 3.8) is 0 Å². The Morgan fingerprint density at radius 3 is 2.71 bits per heavy atom. The van der Waals surface area contributed by atoms with E-state index in [2.05, 4.69) is 26.8 Å². The number of carbonyl (C=O) groups is 3. The molecule has 9 nitrogen and oxygen atoms in total. The highest BCUT2D eigenvalue weighted by Gasteiger charge is 2.26. The average Bonchev–Trinajstić information content (AvgIpc) is 3.21. The lowest BCUT2D eigenvalue weighted by atomic mass is 10.1. The quantitative estimate of drug-likeness (QED) is 0.535. The molecule has 0 unspecified atom stereocenters. The van der Waals surface area contributed by atoms with Crippen LogP contribution in [0.5, 0.6) is 0 Å². The first-order chi connectivity index (χ1) is 16.5. The molecule has 3 aromatic rings. The van der Waals surface area contributed by atoms with Gasteiger partial charge in [0.25, 0.3) is 11.8 Å². The summed E-state index contributed by atoms with van der Waals surface area (Å²) in [5, 5.41) is 9.85. The molecule has 1 aliphatic heterocycles. The Bertz CT molecular complexity index is 1170. The molecule has 176 valence electrons. The van der Waals surface area contributed by atoms with E-state index in [1.54, 1.807) is 28.0 Å². The Labute approximate surface area is 198 Å². The minimum atomic E-state index is -0.404. The molecule has 0 saturated carbocycles. The van der Waals surface area contributed by atoms with E-state index < -0.39 is 5.91 Å². The van der Waals surface area contributed by atoms with Gasteiger partial charge < -0.3 is 15.5 Å². The molecule has 0 aliphatic carbocycles. The number of amides is 3. The molecule has 0 saturated heterocycles. The lowest BCUT2D eigenvalue weighted by Gasteiger charge is -2.20. The Morgan fingerprint density at radius 2 is 1.91 bits per heavy atom. The summed E-state index contributed by atoms with van der Waals surface area (Å²) in [6.45, 7) is 4.30. The summed E-state index contributed by atoms with van der Waals surface area (Å²) in [5.41, 5.74) is 3.71. The van der Waals surface area contributed by atoms with Crippen LogP contribution in [0.4, 0.5) is 0 Å². The topological polar surface area (TPSA) is 109 Å². The third-order valence-electron chi connectivity index (χ3n) is 5.62. The molecule has 0 fully saturated rings. The number of aromatic nitrogens is 3. The Hall–Kier alpha value is -4.01. The number of carbonyl (C=O) groups excluding carboxylic acids is 3. The summed E-state index contributed by atoms with van der Waals surface area (Å²) in [4.78, 5) is 43.5. The number of benzene rings is 1. The van der Waals surface area contributed by atoms with Crippen LogP contribution in [0.3, 0.4) is 0 Å². The van der Waals surface area contributed by atoms with Crippen LogP contribution in [0, 0.1) is 6.92 Å². The van der Waals surface area contributed by atoms with Gasteiger partial charge in [0.2, 0.25) is 5.91 Å². The second-order valence-corrected chi connectivity index (χ2v) is 8.35. The number of aryl methyl sites for hydroxylation is 2. The van der Waals surface area contributed by atoms with E-state index in [0.29, 0.717) is 31.9 Å². The smallest absolute Gasteiger partial charge is 0.272 e. The summed E-state index contributed by atoms with van der Waals surface area (Å²) >= 11 is 0. The lowest BCUT2D eigenvalue weighted by molar-refractivity contribution is -0.121. The van der Waals surface area contributed by atoms with Crippen molar-refractivity contribution in [1.82, 2.24) is 30.3 Å². The van der Waals surface area contributed by atoms with Crippen LogP contribution in [0.2, 0.25) is 0 Å². The maximum absolute atomic E-state index is 13.1. The van der Waals surface area contributed by atoms with E-state index in [9.17, 15) is 14.4 Å².